The van der Waals surface area contributed by atoms with E-state index in [1.807, 2.05) is 0 Å². The summed E-state index contributed by atoms with van der Waals surface area (Å²) in [6, 6.07) is 9.56. The molecule has 0 aliphatic heterocycles. The van der Waals surface area contributed by atoms with Gasteiger partial charge in [0.05, 0.1) is 11.1 Å². The van der Waals surface area contributed by atoms with E-state index in [1.54, 1.807) is 0 Å². The van der Waals surface area contributed by atoms with E-state index in [-0.39, 0.29) is 33.0 Å². The smallest absolute Gasteiger partial charge is 0.243 e. The first-order valence-corrected chi connectivity index (χ1v) is 8.38. The Morgan fingerprint density at radius 2 is 1.18 bits per heavy atom. The fourth-order valence-electron chi connectivity index (χ4n) is 3.07. The normalized spacial score (nSPS) is 12.3. The van der Waals surface area contributed by atoms with Gasteiger partial charge in [-0.25, -0.2) is 4.98 Å². The van der Waals surface area contributed by atoms with Gasteiger partial charge in [-0.3, -0.25) is 0 Å². The van der Waals surface area contributed by atoms with Crippen LogP contribution in [0.1, 0.15) is 16.7 Å². The summed E-state index contributed by atoms with van der Waals surface area (Å²) in [5.74, 6) is 0. The summed E-state index contributed by atoms with van der Waals surface area (Å²) in [7, 11) is 0. The zero-order valence-corrected chi connectivity index (χ0v) is 15.0. The van der Waals surface area contributed by atoms with Gasteiger partial charge in [-0.05, 0) is 35.7 Å². The van der Waals surface area contributed by atoms with Crippen LogP contribution in [0.25, 0.3) is 22.3 Å². The first-order valence-electron chi connectivity index (χ1n) is 8.00. The van der Waals surface area contributed by atoms with E-state index < -0.39 is 23.5 Å². The summed E-state index contributed by atoms with van der Waals surface area (Å²) in [4.78, 5) is 3.87. The van der Waals surface area contributed by atoms with Crippen LogP contribution in [0.3, 0.4) is 0 Å². The second-order valence-electron chi connectivity index (χ2n) is 6.05. The average Bonchev–Trinajstić information content (AvgIpc) is 2.61. The predicted octanol–water partition coefficient (Wildman–Crippen LogP) is 7.42. The topological polar surface area (TPSA) is 12.9 Å². The first kappa shape index (κ1) is 20.2. The summed E-state index contributed by atoms with van der Waals surface area (Å²) in [6.45, 7) is 1.43. The molecule has 0 aliphatic rings. The molecule has 1 aromatic heterocycles. The Labute approximate surface area is 161 Å². The fourth-order valence-corrected chi connectivity index (χ4v) is 3.36. The zero-order valence-electron chi connectivity index (χ0n) is 14.3. The van der Waals surface area contributed by atoms with E-state index in [2.05, 4.69) is 4.98 Å². The SMILES string of the molecule is Cc1c(-c2ccccc2C(F)(F)F)cnc(Cl)c1-c1ccccc1C(F)(F)F. The van der Waals surface area contributed by atoms with Crippen molar-refractivity contribution in [2.75, 3.05) is 0 Å². The highest BCUT2D eigenvalue weighted by molar-refractivity contribution is 6.32. The molecule has 146 valence electrons. The van der Waals surface area contributed by atoms with Crippen LogP contribution in [0.4, 0.5) is 26.3 Å². The van der Waals surface area contributed by atoms with Crippen molar-refractivity contribution in [3.63, 3.8) is 0 Å². The number of halogens is 7. The van der Waals surface area contributed by atoms with Crippen molar-refractivity contribution in [1.29, 1.82) is 0 Å². The van der Waals surface area contributed by atoms with E-state index in [1.165, 1.54) is 43.3 Å². The van der Waals surface area contributed by atoms with Gasteiger partial charge >= 0.3 is 12.4 Å². The van der Waals surface area contributed by atoms with Gasteiger partial charge in [0, 0.05) is 17.3 Å². The monoisotopic (exact) mass is 415 g/mol. The van der Waals surface area contributed by atoms with Crippen molar-refractivity contribution in [3.05, 3.63) is 76.6 Å². The van der Waals surface area contributed by atoms with Gasteiger partial charge in [-0.15, -0.1) is 0 Å². The van der Waals surface area contributed by atoms with E-state index in [0.29, 0.717) is 0 Å². The lowest BCUT2D eigenvalue weighted by atomic mass is 9.91. The summed E-state index contributed by atoms with van der Waals surface area (Å²) in [6.07, 6.45) is -8.15. The fraction of sp³-hybridized carbons (Fsp3) is 0.150. The molecule has 0 saturated carbocycles. The summed E-state index contributed by atoms with van der Waals surface area (Å²) < 4.78 is 80.5. The maximum absolute atomic E-state index is 13.4. The molecular weight excluding hydrogens is 404 g/mol. The lowest BCUT2D eigenvalue weighted by Gasteiger charge is -2.19. The Hall–Kier alpha value is -2.54. The Balaban J connectivity index is 2.31. The third kappa shape index (κ3) is 3.71. The molecule has 0 fully saturated rings. The third-order valence-electron chi connectivity index (χ3n) is 4.32. The quantitative estimate of drug-likeness (QED) is 0.313. The number of aromatic nitrogens is 1. The van der Waals surface area contributed by atoms with Crippen LogP contribution >= 0.6 is 11.6 Å². The lowest BCUT2D eigenvalue weighted by Crippen LogP contribution is -2.09. The molecule has 0 N–H and O–H groups in total. The second kappa shape index (κ2) is 7.13. The molecule has 8 heteroatoms. The average molecular weight is 416 g/mol. The number of nitrogens with zero attached hydrogens (tertiary/aromatic N) is 1. The molecule has 2 aromatic carbocycles. The molecule has 0 spiro atoms. The number of pyridine rings is 1. The van der Waals surface area contributed by atoms with Crippen molar-refractivity contribution in [2.45, 2.75) is 19.3 Å². The molecule has 1 heterocycles. The van der Waals surface area contributed by atoms with Gasteiger partial charge in [-0.1, -0.05) is 48.0 Å². The van der Waals surface area contributed by atoms with Gasteiger partial charge in [0.25, 0.3) is 0 Å². The number of hydrogen-bond donors (Lipinski definition) is 0. The minimum atomic E-state index is -4.66. The van der Waals surface area contributed by atoms with Crippen LogP contribution in [0.5, 0.6) is 0 Å². The molecule has 28 heavy (non-hydrogen) atoms. The summed E-state index contributed by atoms with van der Waals surface area (Å²) >= 11 is 6.07. The molecule has 0 radical (unpaired) electrons. The highest BCUT2D eigenvalue weighted by Crippen LogP contribution is 2.44. The molecule has 0 aliphatic carbocycles. The minimum Gasteiger partial charge on any atom is -0.243 e. The van der Waals surface area contributed by atoms with Crippen LogP contribution in [-0.4, -0.2) is 4.98 Å². The Morgan fingerprint density at radius 3 is 1.71 bits per heavy atom. The molecule has 0 amide bonds. The Kier molecular flexibility index (Phi) is 5.14. The van der Waals surface area contributed by atoms with Crippen LogP contribution in [0.15, 0.2) is 54.7 Å². The van der Waals surface area contributed by atoms with Crippen LogP contribution < -0.4 is 0 Å². The third-order valence-corrected chi connectivity index (χ3v) is 4.60. The summed E-state index contributed by atoms with van der Waals surface area (Å²) in [5.41, 5.74) is -2.08. The van der Waals surface area contributed by atoms with E-state index in [4.69, 9.17) is 11.6 Å². The number of alkyl halides is 6. The molecule has 1 nitrogen and oxygen atoms in total. The maximum Gasteiger partial charge on any atom is 0.417 e. The maximum atomic E-state index is 13.4. The van der Waals surface area contributed by atoms with Crippen molar-refractivity contribution >= 4 is 11.6 Å². The van der Waals surface area contributed by atoms with Crippen molar-refractivity contribution < 1.29 is 26.3 Å². The van der Waals surface area contributed by atoms with Crippen molar-refractivity contribution in [3.8, 4) is 22.3 Å². The molecule has 3 rings (SSSR count). The van der Waals surface area contributed by atoms with E-state index in [9.17, 15) is 26.3 Å². The van der Waals surface area contributed by atoms with Crippen LogP contribution in [0, 0.1) is 6.92 Å². The van der Waals surface area contributed by atoms with Gasteiger partial charge in [0.1, 0.15) is 5.15 Å². The molecular formula is C20H12ClF6N. The van der Waals surface area contributed by atoms with E-state index >= 15 is 0 Å². The van der Waals surface area contributed by atoms with Gasteiger partial charge in [0.15, 0.2) is 0 Å². The number of rotatable bonds is 2. The van der Waals surface area contributed by atoms with Crippen LogP contribution in [0.2, 0.25) is 5.15 Å². The zero-order chi connectivity index (χ0) is 20.7. The van der Waals surface area contributed by atoms with Gasteiger partial charge < -0.3 is 0 Å². The largest absolute Gasteiger partial charge is 0.417 e. The highest BCUT2D eigenvalue weighted by atomic mass is 35.5. The second-order valence-corrected chi connectivity index (χ2v) is 6.41. The standard InChI is InChI=1S/C20H12ClF6N/c1-11-14(12-6-2-4-8-15(12)19(22,23)24)10-28-18(21)17(11)13-7-3-5-9-16(13)20(25,26)27/h2-10H,1H3. The molecule has 0 bridgehead atoms. The molecule has 0 saturated heterocycles. The first-order chi connectivity index (χ1) is 13.0. The highest BCUT2D eigenvalue weighted by Gasteiger charge is 2.36. The van der Waals surface area contributed by atoms with Crippen molar-refractivity contribution in [2.24, 2.45) is 0 Å². The minimum absolute atomic E-state index is 0.0518. The van der Waals surface area contributed by atoms with Gasteiger partial charge in [0.2, 0.25) is 0 Å². The van der Waals surface area contributed by atoms with Gasteiger partial charge in [-0.2, -0.15) is 26.3 Å². The van der Waals surface area contributed by atoms with E-state index in [0.717, 1.165) is 18.3 Å². The van der Waals surface area contributed by atoms with Crippen LogP contribution in [-0.2, 0) is 12.4 Å². The van der Waals surface area contributed by atoms with Crippen molar-refractivity contribution in [1.82, 2.24) is 4.98 Å². The molecule has 0 atom stereocenters. The Morgan fingerprint density at radius 1 is 0.714 bits per heavy atom. The predicted molar refractivity (Wildman–Crippen MR) is 94.9 cm³/mol. The molecule has 0 unspecified atom stereocenters. The molecule has 3 aromatic rings. The lowest BCUT2D eigenvalue weighted by molar-refractivity contribution is -0.137. The summed E-state index contributed by atoms with van der Waals surface area (Å²) in [5, 5.41) is -0.220. The number of benzene rings is 2. The number of hydrogen-bond acceptors (Lipinski definition) is 1. The Bertz CT molecular complexity index is 1020.